The predicted octanol–water partition coefficient (Wildman–Crippen LogP) is 5.23. The molecule has 0 spiro atoms. The molecule has 0 aromatic heterocycles. The van der Waals surface area contributed by atoms with Crippen molar-refractivity contribution in [2.24, 2.45) is 0 Å². The fraction of sp³-hybridized carbons (Fsp3) is 0.188. The Labute approximate surface area is 144 Å². The summed E-state index contributed by atoms with van der Waals surface area (Å²) in [5, 5.41) is 3.57. The van der Waals surface area contributed by atoms with Crippen LogP contribution >= 0.6 is 34.8 Å². The van der Waals surface area contributed by atoms with Gasteiger partial charge >= 0.3 is 0 Å². The number of anilines is 1. The number of halogens is 3. The second kappa shape index (κ2) is 7.73. The monoisotopic (exact) mass is 357 g/mol. The van der Waals surface area contributed by atoms with E-state index in [-0.39, 0.29) is 22.6 Å². The Balaban J connectivity index is 1.95. The van der Waals surface area contributed by atoms with Crippen molar-refractivity contribution in [3.8, 4) is 5.75 Å². The van der Waals surface area contributed by atoms with Gasteiger partial charge < -0.3 is 10.1 Å². The Bertz CT molecular complexity index is 649. The summed E-state index contributed by atoms with van der Waals surface area (Å²) in [6.07, 6.45) is 0.953. The molecule has 0 atom stereocenters. The number of nitrogens with one attached hydrogen (secondary N) is 1. The molecule has 3 nitrogen and oxygen atoms in total. The Hall–Kier alpha value is -1.42. The summed E-state index contributed by atoms with van der Waals surface area (Å²) in [6.45, 7) is 1.93. The van der Waals surface area contributed by atoms with Gasteiger partial charge in [-0.25, -0.2) is 0 Å². The highest BCUT2D eigenvalue weighted by Gasteiger charge is 2.11. The van der Waals surface area contributed by atoms with E-state index in [4.69, 9.17) is 39.5 Å². The van der Waals surface area contributed by atoms with E-state index in [1.54, 1.807) is 0 Å². The number of aryl methyl sites for hydroxylation is 1. The van der Waals surface area contributed by atoms with Crippen molar-refractivity contribution in [1.29, 1.82) is 0 Å². The molecule has 0 heterocycles. The molecule has 0 aliphatic rings. The molecule has 0 bridgehead atoms. The van der Waals surface area contributed by atoms with Crippen LogP contribution in [0.15, 0.2) is 36.4 Å². The molecular weight excluding hydrogens is 345 g/mol. The lowest BCUT2D eigenvalue weighted by Crippen LogP contribution is -2.20. The third kappa shape index (κ3) is 4.54. The van der Waals surface area contributed by atoms with Crippen molar-refractivity contribution in [3.63, 3.8) is 0 Å². The summed E-state index contributed by atoms with van der Waals surface area (Å²) in [7, 11) is 0. The lowest BCUT2D eigenvalue weighted by atomic mass is 10.2. The van der Waals surface area contributed by atoms with Gasteiger partial charge in [-0.1, -0.05) is 53.9 Å². The van der Waals surface area contributed by atoms with Crippen molar-refractivity contribution in [1.82, 2.24) is 0 Å². The SMILES string of the molecule is CCc1ccc(OCC(=O)Nc2c(Cl)cc(Cl)cc2Cl)cc1. The van der Waals surface area contributed by atoms with E-state index in [0.29, 0.717) is 16.5 Å². The molecule has 22 heavy (non-hydrogen) atoms. The summed E-state index contributed by atoms with van der Waals surface area (Å²) in [5.41, 5.74) is 1.53. The van der Waals surface area contributed by atoms with E-state index in [1.165, 1.54) is 17.7 Å². The minimum absolute atomic E-state index is 0.138. The quantitative estimate of drug-likeness (QED) is 0.795. The first-order valence-corrected chi connectivity index (χ1v) is 7.79. The number of ether oxygens (including phenoxy) is 1. The molecule has 1 N–H and O–H groups in total. The normalized spacial score (nSPS) is 10.4. The Kier molecular flexibility index (Phi) is 5.95. The maximum Gasteiger partial charge on any atom is 0.262 e. The van der Waals surface area contributed by atoms with Gasteiger partial charge in [0.25, 0.3) is 5.91 Å². The molecule has 2 aromatic rings. The highest BCUT2D eigenvalue weighted by molar-refractivity contribution is 6.42. The second-order valence-electron chi connectivity index (χ2n) is 4.58. The minimum atomic E-state index is -0.356. The van der Waals surface area contributed by atoms with Crippen molar-refractivity contribution in [2.75, 3.05) is 11.9 Å². The van der Waals surface area contributed by atoms with Crippen LogP contribution in [0.4, 0.5) is 5.69 Å². The number of amides is 1. The highest BCUT2D eigenvalue weighted by Crippen LogP contribution is 2.33. The molecule has 2 aromatic carbocycles. The van der Waals surface area contributed by atoms with Crippen LogP contribution in [0.25, 0.3) is 0 Å². The largest absolute Gasteiger partial charge is 0.484 e. The van der Waals surface area contributed by atoms with Crippen molar-refractivity contribution in [2.45, 2.75) is 13.3 Å². The molecule has 0 radical (unpaired) electrons. The van der Waals surface area contributed by atoms with E-state index >= 15 is 0 Å². The minimum Gasteiger partial charge on any atom is -0.484 e. The third-order valence-electron chi connectivity index (χ3n) is 2.97. The first-order valence-electron chi connectivity index (χ1n) is 6.65. The first kappa shape index (κ1) is 16.9. The van der Waals surface area contributed by atoms with Crippen LogP contribution in [0.5, 0.6) is 5.75 Å². The summed E-state index contributed by atoms with van der Waals surface area (Å²) in [4.78, 5) is 11.9. The Morgan fingerprint density at radius 2 is 1.68 bits per heavy atom. The van der Waals surface area contributed by atoms with Crippen LogP contribution in [0.2, 0.25) is 15.1 Å². The molecule has 2 rings (SSSR count). The molecule has 0 fully saturated rings. The Morgan fingerprint density at radius 1 is 1.09 bits per heavy atom. The van der Waals surface area contributed by atoms with Gasteiger partial charge in [-0.3, -0.25) is 4.79 Å². The van der Waals surface area contributed by atoms with E-state index < -0.39 is 0 Å². The smallest absolute Gasteiger partial charge is 0.262 e. The maximum atomic E-state index is 11.9. The van der Waals surface area contributed by atoms with E-state index in [0.717, 1.165) is 6.42 Å². The number of hydrogen-bond donors (Lipinski definition) is 1. The molecule has 0 saturated carbocycles. The van der Waals surface area contributed by atoms with Gasteiger partial charge in [0.05, 0.1) is 15.7 Å². The fourth-order valence-corrected chi connectivity index (χ4v) is 2.72. The molecule has 116 valence electrons. The van der Waals surface area contributed by atoms with Crippen LogP contribution in [-0.2, 0) is 11.2 Å². The van der Waals surface area contributed by atoms with E-state index in [2.05, 4.69) is 12.2 Å². The average molecular weight is 359 g/mol. The van der Waals surface area contributed by atoms with Gasteiger partial charge in [-0.15, -0.1) is 0 Å². The highest BCUT2D eigenvalue weighted by atomic mass is 35.5. The summed E-state index contributed by atoms with van der Waals surface area (Å²) in [6, 6.07) is 10.6. The fourth-order valence-electron chi connectivity index (χ4n) is 1.81. The van der Waals surface area contributed by atoms with E-state index in [9.17, 15) is 4.79 Å². The van der Waals surface area contributed by atoms with Crippen LogP contribution < -0.4 is 10.1 Å². The zero-order valence-corrected chi connectivity index (χ0v) is 14.1. The number of carbonyl (C=O) groups is 1. The van der Waals surface area contributed by atoms with E-state index in [1.807, 2.05) is 24.3 Å². The Morgan fingerprint density at radius 3 is 2.23 bits per heavy atom. The summed E-state index contributed by atoms with van der Waals surface area (Å²) >= 11 is 17.8. The second-order valence-corrected chi connectivity index (χ2v) is 5.83. The number of rotatable bonds is 5. The number of carbonyl (C=O) groups excluding carboxylic acids is 1. The third-order valence-corrected chi connectivity index (χ3v) is 3.79. The van der Waals surface area contributed by atoms with Gasteiger partial charge in [-0.2, -0.15) is 0 Å². The lowest BCUT2D eigenvalue weighted by molar-refractivity contribution is -0.118. The molecule has 0 aliphatic carbocycles. The van der Waals surface area contributed by atoms with Crippen LogP contribution in [0.1, 0.15) is 12.5 Å². The molecule has 0 saturated heterocycles. The van der Waals surface area contributed by atoms with Gasteiger partial charge in [-0.05, 0) is 36.2 Å². The lowest BCUT2D eigenvalue weighted by Gasteiger charge is -2.11. The van der Waals surface area contributed by atoms with Gasteiger partial charge in [0, 0.05) is 5.02 Å². The van der Waals surface area contributed by atoms with Crippen LogP contribution in [0, 0.1) is 0 Å². The van der Waals surface area contributed by atoms with Gasteiger partial charge in [0.2, 0.25) is 0 Å². The van der Waals surface area contributed by atoms with Crippen LogP contribution in [0.3, 0.4) is 0 Å². The summed E-state index contributed by atoms with van der Waals surface area (Å²) < 4.78 is 5.42. The van der Waals surface area contributed by atoms with Gasteiger partial charge in [0.15, 0.2) is 6.61 Å². The van der Waals surface area contributed by atoms with Crippen molar-refractivity contribution < 1.29 is 9.53 Å². The standard InChI is InChI=1S/C16H14Cl3NO2/c1-2-10-3-5-12(6-4-10)22-9-15(21)20-16-13(18)7-11(17)8-14(16)19/h3-8H,2,9H2,1H3,(H,20,21). The number of hydrogen-bond acceptors (Lipinski definition) is 2. The molecule has 6 heteroatoms. The number of benzene rings is 2. The van der Waals surface area contributed by atoms with Crippen molar-refractivity contribution >= 4 is 46.4 Å². The predicted molar refractivity (Wildman–Crippen MR) is 91.4 cm³/mol. The topological polar surface area (TPSA) is 38.3 Å². The van der Waals surface area contributed by atoms with Crippen molar-refractivity contribution in [3.05, 3.63) is 57.0 Å². The molecule has 1 amide bonds. The average Bonchev–Trinajstić information content (AvgIpc) is 2.49. The zero-order valence-electron chi connectivity index (χ0n) is 11.8. The van der Waals surface area contributed by atoms with Crippen LogP contribution in [-0.4, -0.2) is 12.5 Å². The molecule has 0 unspecified atom stereocenters. The van der Waals surface area contributed by atoms with Gasteiger partial charge in [0.1, 0.15) is 5.75 Å². The maximum absolute atomic E-state index is 11.9. The summed E-state index contributed by atoms with van der Waals surface area (Å²) in [5.74, 6) is 0.270. The molecule has 0 aliphatic heterocycles. The first-order chi connectivity index (χ1) is 10.5. The molecular formula is C16H14Cl3NO2. The zero-order chi connectivity index (χ0) is 16.1.